The largest absolute Gasteiger partial charge is 0.371 e. The van der Waals surface area contributed by atoms with Gasteiger partial charge in [-0.05, 0) is 62.3 Å². The lowest BCUT2D eigenvalue weighted by Crippen LogP contribution is -2.48. The first-order chi connectivity index (χ1) is 16.6. The Labute approximate surface area is 205 Å². The number of rotatable bonds is 4. The maximum absolute atomic E-state index is 13.6. The summed E-state index contributed by atoms with van der Waals surface area (Å²) in [4.78, 5) is 15.0. The van der Waals surface area contributed by atoms with Gasteiger partial charge in [-0.3, -0.25) is 9.10 Å². The van der Waals surface area contributed by atoms with Gasteiger partial charge >= 0.3 is 0 Å². The van der Waals surface area contributed by atoms with Crippen molar-refractivity contribution in [3.63, 3.8) is 0 Å². The van der Waals surface area contributed by atoms with E-state index in [4.69, 9.17) is 0 Å². The molecular formula is C26H31F2N3O3S. The minimum Gasteiger partial charge on any atom is -0.371 e. The Morgan fingerprint density at radius 1 is 1.00 bits per heavy atom. The number of nitrogens with zero attached hydrogens (tertiary/aromatic N) is 2. The Balaban J connectivity index is 1.17. The molecule has 1 aliphatic carbocycles. The Morgan fingerprint density at radius 2 is 1.63 bits per heavy atom. The van der Waals surface area contributed by atoms with Crippen LogP contribution in [0, 0.1) is 17.6 Å². The van der Waals surface area contributed by atoms with Crippen molar-refractivity contribution in [2.75, 3.05) is 35.1 Å². The third kappa shape index (κ3) is 4.75. The van der Waals surface area contributed by atoms with Gasteiger partial charge in [0.2, 0.25) is 15.9 Å². The molecule has 1 saturated heterocycles. The molecule has 9 heteroatoms. The molecule has 0 radical (unpaired) electrons. The molecule has 6 nitrogen and oxygen atoms in total. The number of para-hydroxylation sites is 1. The van der Waals surface area contributed by atoms with Crippen molar-refractivity contribution in [1.29, 1.82) is 0 Å². The van der Waals surface area contributed by atoms with Gasteiger partial charge in [-0.1, -0.05) is 18.2 Å². The number of hydrogen-bond acceptors (Lipinski definition) is 4. The second-order valence-electron chi connectivity index (χ2n) is 10.2. The fourth-order valence-corrected chi connectivity index (χ4v) is 7.06. The smallest absolute Gasteiger partial charge is 0.232 e. The highest BCUT2D eigenvalue weighted by atomic mass is 32.2. The van der Waals surface area contributed by atoms with Crippen molar-refractivity contribution in [1.82, 2.24) is 5.32 Å². The highest BCUT2D eigenvalue weighted by Crippen LogP contribution is 2.50. The number of sulfonamides is 1. The Hall–Kier alpha value is -2.68. The molecule has 2 heterocycles. The van der Waals surface area contributed by atoms with Crippen molar-refractivity contribution >= 4 is 27.3 Å². The summed E-state index contributed by atoms with van der Waals surface area (Å²) in [6, 6.07) is 11.3. The Kier molecular flexibility index (Phi) is 6.23. The van der Waals surface area contributed by atoms with E-state index in [1.807, 2.05) is 29.2 Å². The van der Waals surface area contributed by atoms with E-state index in [1.165, 1.54) is 22.7 Å². The molecule has 1 spiro atoms. The topological polar surface area (TPSA) is 69.7 Å². The van der Waals surface area contributed by atoms with Crippen molar-refractivity contribution in [3.8, 4) is 0 Å². The molecule has 2 aromatic rings. The van der Waals surface area contributed by atoms with Crippen LogP contribution in [0.1, 0.15) is 44.1 Å². The van der Waals surface area contributed by atoms with Crippen LogP contribution in [0.3, 0.4) is 0 Å². The van der Waals surface area contributed by atoms with Crippen molar-refractivity contribution in [2.24, 2.45) is 5.92 Å². The van der Waals surface area contributed by atoms with E-state index in [-0.39, 0.29) is 23.3 Å². The molecule has 1 N–H and O–H groups in total. The summed E-state index contributed by atoms with van der Waals surface area (Å²) in [7, 11) is -3.36. The molecule has 1 amide bonds. The van der Waals surface area contributed by atoms with Crippen LogP contribution < -0.4 is 14.5 Å². The number of anilines is 2. The zero-order valence-corrected chi connectivity index (χ0v) is 20.7. The summed E-state index contributed by atoms with van der Waals surface area (Å²) in [6.07, 6.45) is 5.68. The van der Waals surface area contributed by atoms with Crippen LogP contribution in [0.25, 0.3) is 0 Å². The molecule has 35 heavy (non-hydrogen) atoms. The number of piperidine rings is 1. The summed E-state index contributed by atoms with van der Waals surface area (Å²) in [5, 5.41) is 3.19. The third-order valence-electron chi connectivity index (χ3n) is 7.96. The first-order valence-electron chi connectivity index (χ1n) is 12.2. The number of carbonyl (C=O) groups excluding carboxylic acids is 1. The molecule has 3 aliphatic rings. The maximum Gasteiger partial charge on any atom is 0.232 e. The average Bonchev–Trinajstić information content (AvgIpc) is 3.14. The molecule has 2 aliphatic heterocycles. The zero-order valence-electron chi connectivity index (χ0n) is 19.8. The van der Waals surface area contributed by atoms with Gasteiger partial charge in [0.25, 0.3) is 0 Å². The molecule has 2 aromatic carbocycles. The number of halogens is 2. The normalized spacial score (nSPS) is 25.1. The van der Waals surface area contributed by atoms with E-state index >= 15 is 0 Å². The van der Waals surface area contributed by atoms with E-state index in [9.17, 15) is 22.0 Å². The summed E-state index contributed by atoms with van der Waals surface area (Å²) in [5.41, 5.74) is 2.14. The van der Waals surface area contributed by atoms with Crippen LogP contribution in [0.15, 0.2) is 42.5 Å². The summed E-state index contributed by atoms with van der Waals surface area (Å²) >= 11 is 0. The van der Waals surface area contributed by atoms with Gasteiger partial charge in [0.1, 0.15) is 11.6 Å². The van der Waals surface area contributed by atoms with Gasteiger partial charge in [-0.15, -0.1) is 0 Å². The number of carbonyl (C=O) groups is 1. The lowest BCUT2D eigenvalue weighted by Gasteiger charge is -2.38. The molecule has 0 atom stereocenters. The summed E-state index contributed by atoms with van der Waals surface area (Å²) < 4.78 is 53.4. The summed E-state index contributed by atoms with van der Waals surface area (Å²) in [5.74, 6) is -1.21. The van der Waals surface area contributed by atoms with Crippen LogP contribution in [-0.4, -0.2) is 46.3 Å². The van der Waals surface area contributed by atoms with Crippen LogP contribution in [0.5, 0.6) is 0 Å². The molecule has 2 fully saturated rings. The van der Waals surface area contributed by atoms with Crippen LogP contribution in [0.2, 0.25) is 0 Å². The van der Waals surface area contributed by atoms with Gasteiger partial charge in [0.15, 0.2) is 0 Å². The second kappa shape index (κ2) is 9.08. The Morgan fingerprint density at radius 3 is 2.26 bits per heavy atom. The molecule has 0 aromatic heterocycles. The van der Waals surface area contributed by atoms with Crippen molar-refractivity contribution in [3.05, 3.63) is 59.7 Å². The van der Waals surface area contributed by atoms with E-state index in [0.29, 0.717) is 25.3 Å². The minimum absolute atomic E-state index is 0.0426. The highest BCUT2D eigenvalue weighted by molar-refractivity contribution is 7.92. The molecule has 188 valence electrons. The number of fused-ring (bicyclic) bond motifs is 2. The molecule has 0 unspecified atom stereocenters. The fourth-order valence-electron chi connectivity index (χ4n) is 6.06. The van der Waals surface area contributed by atoms with Crippen molar-refractivity contribution < 1.29 is 22.0 Å². The first-order valence-corrected chi connectivity index (χ1v) is 14.1. The van der Waals surface area contributed by atoms with Crippen LogP contribution in [0.4, 0.5) is 20.2 Å². The number of benzene rings is 2. The minimum atomic E-state index is -3.36. The average molecular weight is 504 g/mol. The van der Waals surface area contributed by atoms with Gasteiger partial charge in [-0.25, -0.2) is 17.2 Å². The molecule has 1 saturated carbocycles. The highest BCUT2D eigenvalue weighted by Gasteiger charge is 2.48. The predicted molar refractivity (Wildman–Crippen MR) is 132 cm³/mol. The van der Waals surface area contributed by atoms with Crippen LogP contribution >= 0.6 is 0 Å². The van der Waals surface area contributed by atoms with E-state index in [2.05, 4.69) is 5.32 Å². The lowest BCUT2D eigenvalue weighted by molar-refractivity contribution is -0.127. The SMILES string of the molecule is CS(=O)(=O)N1C[C@]2(CC[C@@H](C(=O)NC3CCN(c4cc(F)cc(F)c4)CC3)CC2)c2ccccc21. The molecule has 5 rings (SSSR count). The van der Waals surface area contributed by atoms with E-state index in [1.54, 1.807) is 0 Å². The zero-order chi connectivity index (χ0) is 24.8. The standard InChI is InChI=1S/C26H31F2N3O3S/c1-35(33,34)31-17-26(23-4-2-3-5-24(23)31)10-6-18(7-11-26)25(32)29-21-8-12-30(13-9-21)22-15-19(27)14-20(28)16-22/h2-5,14-16,18,21H,6-13,17H2,1H3,(H,29,32)/t18-,26-. The third-order valence-corrected chi connectivity index (χ3v) is 9.08. The quantitative estimate of drug-likeness (QED) is 0.686. The first kappa shape index (κ1) is 24.0. The van der Waals surface area contributed by atoms with Gasteiger partial charge < -0.3 is 10.2 Å². The monoisotopic (exact) mass is 503 g/mol. The van der Waals surface area contributed by atoms with Gasteiger partial charge in [0, 0.05) is 48.8 Å². The molecular weight excluding hydrogens is 472 g/mol. The molecule has 0 bridgehead atoms. The van der Waals surface area contributed by atoms with Crippen LogP contribution in [-0.2, 0) is 20.2 Å². The van der Waals surface area contributed by atoms with Gasteiger partial charge in [0.05, 0.1) is 11.9 Å². The number of hydrogen-bond donors (Lipinski definition) is 1. The number of amides is 1. The Bertz CT molecular complexity index is 1200. The van der Waals surface area contributed by atoms with Crippen molar-refractivity contribution in [2.45, 2.75) is 50.0 Å². The van der Waals surface area contributed by atoms with E-state index < -0.39 is 21.7 Å². The van der Waals surface area contributed by atoms with Gasteiger partial charge in [-0.2, -0.15) is 0 Å². The van der Waals surface area contributed by atoms with E-state index in [0.717, 1.165) is 55.8 Å². The second-order valence-corrected chi connectivity index (χ2v) is 12.1. The lowest BCUT2D eigenvalue weighted by atomic mass is 9.67. The summed E-state index contributed by atoms with van der Waals surface area (Å²) in [6.45, 7) is 1.69. The maximum atomic E-state index is 13.6. The fraction of sp³-hybridized carbons (Fsp3) is 0.500. The predicted octanol–water partition coefficient (Wildman–Crippen LogP) is 3.96. The number of nitrogens with one attached hydrogen (secondary N) is 1.